The number of aromatic nitrogens is 2. The summed E-state index contributed by atoms with van der Waals surface area (Å²) in [7, 11) is 0. The second-order valence-corrected chi connectivity index (χ2v) is 20.3. The zero-order valence-electron chi connectivity index (χ0n) is 40.6. The molecule has 8 aromatic carbocycles. The molecular weight excluding hydrogens is 1040 g/mol. The third-order valence-corrected chi connectivity index (χ3v) is 14.1. The molecule has 70 heavy (non-hydrogen) atoms. The van der Waals surface area contributed by atoms with E-state index in [9.17, 15) is 0 Å². The molecule has 0 saturated heterocycles. The second-order valence-electron chi connectivity index (χ2n) is 20.3. The maximum atomic E-state index is 7.03. The fourth-order valence-corrected chi connectivity index (χ4v) is 9.83. The van der Waals surface area contributed by atoms with Gasteiger partial charge in [-0.1, -0.05) is 181 Å². The van der Waals surface area contributed by atoms with Crippen molar-refractivity contribution in [3.05, 3.63) is 247 Å². The van der Waals surface area contributed by atoms with Gasteiger partial charge < -0.3 is 19.1 Å². The molecule has 0 aliphatic carbocycles. The van der Waals surface area contributed by atoms with Gasteiger partial charge in [-0.2, -0.15) is 6.07 Å². The number of hydrogen-bond donors (Lipinski definition) is 0. The molecule has 0 bridgehead atoms. The van der Waals surface area contributed by atoms with Gasteiger partial charge in [0.1, 0.15) is 5.82 Å². The van der Waals surface area contributed by atoms with Crippen LogP contribution in [0.3, 0.4) is 0 Å². The van der Waals surface area contributed by atoms with Crippen molar-refractivity contribution in [2.75, 3.05) is 9.80 Å². The molecular formula is C64H55N4OPt-3. The van der Waals surface area contributed by atoms with E-state index in [1.807, 2.05) is 12.3 Å². The van der Waals surface area contributed by atoms with Gasteiger partial charge in [0.15, 0.2) is 0 Å². The molecule has 0 radical (unpaired) electrons. The van der Waals surface area contributed by atoms with E-state index in [0.29, 0.717) is 11.5 Å². The molecule has 0 fully saturated rings. The maximum Gasteiger partial charge on any atom is 0.135 e. The molecule has 0 amide bonds. The number of nitrogens with zero attached hydrogens (tertiary/aromatic N) is 4. The molecule has 0 N–H and O–H groups in total. The summed E-state index contributed by atoms with van der Waals surface area (Å²) in [5.74, 6) is 2.00. The van der Waals surface area contributed by atoms with E-state index in [2.05, 4.69) is 270 Å². The van der Waals surface area contributed by atoms with Crippen LogP contribution in [-0.4, -0.2) is 9.55 Å². The van der Waals surface area contributed by atoms with Gasteiger partial charge in [-0.05, 0) is 92.1 Å². The number of para-hydroxylation sites is 2. The smallest absolute Gasteiger partial charge is 0.135 e. The predicted molar refractivity (Wildman–Crippen MR) is 286 cm³/mol. The Hall–Kier alpha value is -7.20. The molecule has 0 unspecified atom stereocenters. The van der Waals surface area contributed by atoms with Crippen molar-refractivity contribution in [2.24, 2.45) is 0 Å². The number of rotatable bonds is 10. The molecule has 6 heteroatoms. The van der Waals surface area contributed by atoms with E-state index in [0.717, 1.165) is 67.1 Å². The van der Waals surface area contributed by atoms with Crippen LogP contribution in [0.1, 0.15) is 76.3 Å². The number of anilines is 4. The number of fused-ring (bicyclic) bond motifs is 4. The van der Waals surface area contributed by atoms with E-state index in [-0.39, 0.29) is 37.3 Å². The average molecular weight is 1090 g/mol. The van der Waals surface area contributed by atoms with Crippen LogP contribution in [0.2, 0.25) is 0 Å². The Kier molecular flexibility index (Phi) is 12.1. The minimum absolute atomic E-state index is 0. The Morgan fingerprint density at radius 3 is 1.79 bits per heavy atom. The normalized spacial score (nSPS) is 12.8. The standard InChI is InChI=1S/C64H55N4O.Pt/c1-62(2,3)48-26-19-27-51(37-48)66-43-67(59-29-18-17-28-58(59)66)52-38-50(64(6,7)47-24-15-10-16-25-47)39-54(41-52)69-53-31-32-55-56-36-45(44-20-11-8-12-21-44)30-33-57(56)68(60(55)42-53)61-40-49(34-35-65-61)63(4,5)46-22-13-9-14-23-46;/h8-40,43H,1-7H3;/q-3;. The van der Waals surface area contributed by atoms with Crippen molar-refractivity contribution in [1.82, 2.24) is 9.55 Å². The van der Waals surface area contributed by atoms with E-state index < -0.39 is 0 Å². The van der Waals surface area contributed by atoms with Crippen LogP contribution >= 0.6 is 0 Å². The number of hydrogen-bond acceptors (Lipinski definition) is 4. The fraction of sp³-hybridized carbons (Fsp3) is 0.156. The summed E-state index contributed by atoms with van der Waals surface area (Å²) in [6.45, 7) is 18.1. The SMILES string of the molecule is CC(C)(C)c1cccc(N2[CH-]N(c3[c-]c(Oc4[c-]c5c(cc4)c4cc(-c6ccccc6)ccc4n5-c4cc(C(C)(C)c5ccccc5)ccn4)cc(C(C)(C)c4ccccc4)c3)c3ccccc32)c1.[Pt]. The summed E-state index contributed by atoms with van der Waals surface area (Å²) >= 11 is 0. The minimum atomic E-state index is -0.371. The Bertz CT molecular complexity index is 3500. The van der Waals surface area contributed by atoms with Crippen molar-refractivity contribution in [2.45, 2.75) is 64.7 Å². The van der Waals surface area contributed by atoms with Crippen LogP contribution in [0.4, 0.5) is 22.7 Å². The van der Waals surface area contributed by atoms with Gasteiger partial charge >= 0.3 is 0 Å². The Morgan fingerprint density at radius 1 is 0.471 bits per heavy atom. The number of benzene rings is 8. The van der Waals surface area contributed by atoms with Gasteiger partial charge in [0, 0.05) is 66.8 Å². The van der Waals surface area contributed by atoms with E-state index in [1.165, 1.54) is 22.3 Å². The van der Waals surface area contributed by atoms with E-state index in [4.69, 9.17) is 9.72 Å². The molecule has 1 aliphatic rings. The second kappa shape index (κ2) is 18.3. The fourth-order valence-electron chi connectivity index (χ4n) is 9.83. The minimum Gasteiger partial charge on any atom is -0.509 e. The third-order valence-electron chi connectivity index (χ3n) is 14.1. The van der Waals surface area contributed by atoms with Crippen molar-refractivity contribution in [3.8, 4) is 28.4 Å². The van der Waals surface area contributed by atoms with Gasteiger partial charge in [-0.25, -0.2) is 4.98 Å². The zero-order chi connectivity index (χ0) is 47.5. The Morgan fingerprint density at radius 2 is 1.10 bits per heavy atom. The predicted octanol–water partition coefficient (Wildman–Crippen LogP) is 16.6. The van der Waals surface area contributed by atoms with Crippen LogP contribution in [0.25, 0.3) is 38.8 Å². The Balaban J connectivity index is 0.00000567. The molecule has 0 saturated carbocycles. The van der Waals surface area contributed by atoms with Crippen molar-refractivity contribution in [1.29, 1.82) is 0 Å². The summed E-state index contributed by atoms with van der Waals surface area (Å²) in [5, 5.41) is 2.18. The van der Waals surface area contributed by atoms with Gasteiger partial charge in [0.25, 0.3) is 0 Å². The molecule has 2 aromatic heterocycles. The first-order valence-electron chi connectivity index (χ1n) is 23.9. The van der Waals surface area contributed by atoms with Crippen LogP contribution in [-0.2, 0) is 37.3 Å². The molecule has 350 valence electrons. The first-order chi connectivity index (χ1) is 33.3. The van der Waals surface area contributed by atoms with Crippen molar-refractivity contribution in [3.63, 3.8) is 0 Å². The summed E-state index contributed by atoms with van der Waals surface area (Å²) < 4.78 is 9.26. The quantitative estimate of drug-likeness (QED) is 0.128. The molecule has 1 aliphatic heterocycles. The first kappa shape index (κ1) is 46.5. The Labute approximate surface area is 427 Å². The van der Waals surface area contributed by atoms with E-state index >= 15 is 0 Å². The van der Waals surface area contributed by atoms with Gasteiger partial charge in [-0.15, -0.1) is 53.6 Å². The summed E-state index contributed by atoms with van der Waals surface area (Å²) in [5.41, 5.74) is 13.7. The first-order valence-corrected chi connectivity index (χ1v) is 23.9. The van der Waals surface area contributed by atoms with Crippen LogP contribution in [0.15, 0.2) is 200 Å². The molecule has 5 nitrogen and oxygen atoms in total. The average Bonchev–Trinajstić information content (AvgIpc) is 3.93. The van der Waals surface area contributed by atoms with Crippen LogP contribution in [0.5, 0.6) is 11.5 Å². The van der Waals surface area contributed by atoms with Crippen molar-refractivity contribution < 1.29 is 25.8 Å². The maximum absolute atomic E-state index is 7.03. The topological polar surface area (TPSA) is 33.5 Å². The molecule has 0 spiro atoms. The van der Waals surface area contributed by atoms with Gasteiger partial charge in [0.05, 0.1) is 0 Å². The van der Waals surface area contributed by atoms with E-state index in [1.54, 1.807) is 0 Å². The molecule has 11 rings (SSSR count). The molecule has 3 heterocycles. The third kappa shape index (κ3) is 8.51. The largest absolute Gasteiger partial charge is 0.509 e. The number of pyridine rings is 1. The number of ether oxygens (including phenoxy) is 1. The van der Waals surface area contributed by atoms with Gasteiger partial charge in [0.2, 0.25) is 0 Å². The molecule has 10 aromatic rings. The monoisotopic (exact) mass is 1090 g/mol. The molecule has 0 atom stereocenters. The summed E-state index contributed by atoms with van der Waals surface area (Å²) in [6.07, 6.45) is 1.93. The summed E-state index contributed by atoms with van der Waals surface area (Å²) in [4.78, 5) is 9.57. The van der Waals surface area contributed by atoms with Crippen LogP contribution in [0, 0.1) is 18.8 Å². The summed E-state index contributed by atoms with van der Waals surface area (Å²) in [6, 6.07) is 76.5. The van der Waals surface area contributed by atoms with Gasteiger partial charge in [-0.3, -0.25) is 0 Å². The van der Waals surface area contributed by atoms with Crippen LogP contribution < -0.4 is 14.5 Å². The van der Waals surface area contributed by atoms with Crippen molar-refractivity contribution >= 4 is 44.6 Å². The zero-order valence-corrected chi connectivity index (χ0v) is 42.9.